The third-order valence-electron chi connectivity index (χ3n) is 2.87. The van der Waals surface area contributed by atoms with Gasteiger partial charge in [0.05, 0.1) is 0 Å². The van der Waals surface area contributed by atoms with Gasteiger partial charge in [0.1, 0.15) is 0 Å². The van der Waals surface area contributed by atoms with E-state index in [1.807, 2.05) is 36.4 Å². The highest BCUT2D eigenvalue weighted by atomic mass is 28.4. The first-order valence-electron chi connectivity index (χ1n) is 6.41. The number of hydrogen-bond acceptors (Lipinski definition) is 3. The van der Waals surface area contributed by atoms with Crippen molar-refractivity contribution in [2.45, 2.75) is 0 Å². The highest BCUT2D eigenvalue weighted by Crippen LogP contribution is 2.05. The van der Waals surface area contributed by atoms with Crippen molar-refractivity contribution in [3.63, 3.8) is 0 Å². The molecule has 0 radical (unpaired) electrons. The molecule has 3 nitrogen and oxygen atoms in total. The second kappa shape index (κ2) is 8.83. The first-order chi connectivity index (χ1) is 9.68. The van der Waals surface area contributed by atoms with Gasteiger partial charge in [-0.15, -0.1) is 0 Å². The van der Waals surface area contributed by atoms with Gasteiger partial charge in [0.25, 0.3) is 0 Å². The maximum absolute atomic E-state index is 5.32. The lowest BCUT2D eigenvalue weighted by Gasteiger charge is -2.24. The van der Waals surface area contributed by atoms with Crippen LogP contribution in [-0.4, -0.2) is 40.4 Å². The van der Waals surface area contributed by atoms with E-state index in [1.165, 1.54) is 15.4 Å². The fourth-order valence-corrected chi connectivity index (χ4v) is 3.97. The molecule has 20 heavy (non-hydrogen) atoms. The number of hydrogen-bond donors (Lipinski definition) is 0. The monoisotopic (exact) mass is 306 g/mol. The van der Waals surface area contributed by atoms with Crippen molar-refractivity contribution < 1.29 is 13.3 Å². The Morgan fingerprint density at radius 1 is 0.700 bits per heavy atom. The minimum absolute atomic E-state index is 0.975. The standard InChI is InChI=1S/C9H14O3Si.C6H8Si/c1-10-13(11-2,12-3)9-7-5-4-6-8-9;7-6-4-2-1-3-5-6/h4-8H,1-3H3;1-5H,7H3. The average Bonchev–Trinajstić information content (AvgIpc) is 2.52. The summed E-state index contributed by atoms with van der Waals surface area (Å²) in [5.74, 6) is 0. The second-order valence-corrected chi connectivity index (χ2v) is 8.26. The summed E-state index contributed by atoms with van der Waals surface area (Å²) in [5.41, 5.74) is 0. The molecule has 5 heteroatoms. The summed E-state index contributed by atoms with van der Waals surface area (Å²) in [4.78, 5) is 0. The first kappa shape index (κ1) is 16.8. The Hall–Kier alpha value is -1.25. The summed E-state index contributed by atoms with van der Waals surface area (Å²) in [5, 5.41) is 2.44. The molecule has 0 saturated heterocycles. The van der Waals surface area contributed by atoms with E-state index < -0.39 is 8.80 Å². The molecule has 0 N–H and O–H groups in total. The van der Waals surface area contributed by atoms with E-state index in [0.29, 0.717) is 0 Å². The van der Waals surface area contributed by atoms with Crippen LogP contribution in [0.2, 0.25) is 0 Å². The molecule has 108 valence electrons. The fraction of sp³-hybridized carbons (Fsp3) is 0.200. The smallest absolute Gasteiger partial charge is 0.373 e. The summed E-state index contributed by atoms with van der Waals surface area (Å²) < 4.78 is 16.0. The van der Waals surface area contributed by atoms with Crippen molar-refractivity contribution in [1.29, 1.82) is 0 Å². The average molecular weight is 307 g/mol. The van der Waals surface area contributed by atoms with E-state index in [0.717, 1.165) is 5.19 Å². The van der Waals surface area contributed by atoms with E-state index in [2.05, 4.69) is 24.3 Å². The minimum Gasteiger partial charge on any atom is -0.373 e. The predicted octanol–water partition coefficient (Wildman–Crippen LogP) is 0.449. The molecule has 0 spiro atoms. The van der Waals surface area contributed by atoms with Crippen LogP contribution in [0.15, 0.2) is 60.7 Å². The molecule has 0 amide bonds. The molecular weight excluding hydrogens is 284 g/mol. The molecular formula is C15H22O3Si2. The molecule has 0 aliphatic carbocycles. The zero-order valence-corrected chi connectivity index (χ0v) is 15.5. The number of benzene rings is 2. The summed E-state index contributed by atoms with van der Waals surface area (Å²) in [7, 11) is 3.39. The van der Waals surface area contributed by atoms with Gasteiger partial charge >= 0.3 is 8.80 Å². The van der Waals surface area contributed by atoms with Crippen LogP contribution >= 0.6 is 0 Å². The molecule has 0 unspecified atom stereocenters. The first-order valence-corrected chi connectivity index (χ1v) is 9.13. The SMILES string of the molecule is CO[Si](OC)(OC)c1ccccc1.[SiH3]c1ccccc1. The van der Waals surface area contributed by atoms with Crippen LogP contribution in [0.3, 0.4) is 0 Å². The van der Waals surface area contributed by atoms with Crippen molar-refractivity contribution in [1.82, 2.24) is 0 Å². The highest BCUT2D eigenvalue weighted by molar-refractivity contribution is 6.75. The van der Waals surface area contributed by atoms with Crippen molar-refractivity contribution in [3.05, 3.63) is 60.7 Å². The second-order valence-electron chi connectivity index (χ2n) is 4.19. The lowest BCUT2D eigenvalue weighted by molar-refractivity contribution is 0.140. The quantitative estimate of drug-likeness (QED) is 0.768. The van der Waals surface area contributed by atoms with Gasteiger partial charge in [0.2, 0.25) is 0 Å². The Labute approximate surface area is 125 Å². The maximum atomic E-state index is 5.32. The summed E-state index contributed by atoms with van der Waals surface area (Å²) >= 11 is 0. The number of rotatable bonds is 4. The highest BCUT2D eigenvalue weighted by Gasteiger charge is 2.40. The van der Waals surface area contributed by atoms with Crippen LogP contribution in [0, 0.1) is 0 Å². The zero-order chi connectivity index (χ0) is 14.8. The Morgan fingerprint density at radius 3 is 1.40 bits per heavy atom. The van der Waals surface area contributed by atoms with Gasteiger partial charge in [0, 0.05) is 36.8 Å². The van der Waals surface area contributed by atoms with Crippen molar-refractivity contribution >= 4 is 29.4 Å². The Kier molecular flexibility index (Phi) is 7.42. The van der Waals surface area contributed by atoms with Crippen molar-refractivity contribution in [2.24, 2.45) is 0 Å². The molecule has 0 atom stereocenters. The van der Waals surface area contributed by atoms with E-state index >= 15 is 0 Å². The van der Waals surface area contributed by atoms with Gasteiger partial charge < -0.3 is 13.3 Å². The maximum Gasteiger partial charge on any atom is 0.536 e. The van der Waals surface area contributed by atoms with Gasteiger partial charge in [-0.3, -0.25) is 0 Å². The van der Waals surface area contributed by atoms with Crippen LogP contribution < -0.4 is 10.4 Å². The van der Waals surface area contributed by atoms with Crippen LogP contribution in [0.5, 0.6) is 0 Å². The van der Waals surface area contributed by atoms with Gasteiger partial charge in [-0.2, -0.15) is 0 Å². The molecule has 2 aromatic rings. The van der Waals surface area contributed by atoms with Crippen molar-refractivity contribution in [3.8, 4) is 0 Å². The fourth-order valence-electron chi connectivity index (χ4n) is 1.78. The Balaban J connectivity index is 0.000000240. The summed E-state index contributed by atoms with van der Waals surface area (Å²) in [6, 6.07) is 20.2. The normalized spacial score (nSPS) is 10.8. The molecule has 2 aromatic carbocycles. The van der Waals surface area contributed by atoms with E-state index in [4.69, 9.17) is 13.3 Å². The Bertz CT molecular complexity index is 465. The zero-order valence-electron chi connectivity index (χ0n) is 12.5. The Morgan fingerprint density at radius 2 is 1.10 bits per heavy atom. The molecule has 0 saturated carbocycles. The third kappa shape index (κ3) is 4.70. The summed E-state index contributed by atoms with van der Waals surface area (Å²) in [6.07, 6.45) is 0. The van der Waals surface area contributed by atoms with Crippen LogP contribution in [0.25, 0.3) is 0 Å². The van der Waals surface area contributed by atoms with Gasteiger partial charge in [-0.1, -0.05) is 65.9 Å². The minimum atomic E-state index is -2.59. The molecule has 2 rings (SSSR count). The van der Waals surface area contributed by atoms with E-state index in [1.54, 1.807) is 21.3 Å². The van der Waals surface area contributed by atoms with Crippen molar-refractivity contribution in [2.75, 3.05) is 21.3 Å². The topological polar surface area (TPSA) is 27.7 Å². The van der Waals surface area contributed by atoms with Crippen LogP contribution in [0.1, 0.15) is 0 Å². The molecule has 0 bridgehead atoms. The van der Waals surface area contributed by atoms with Gasteiger partial charge in [-0.05, 0) is 0 Å². The lowest BCUT2D eigenvalue weighted by Crippen LogP contribution is -2.54. The van der Waals surface area contributed by atoms with Gasteiger partial charge in [-0.25, -0.2) is 0 Å². The van der Waals surface area contributed by atoms with Crippen LogP contribution in [0.4, 0.5) is 0 Å². The lowest BCUT2D eigenvalue weighted by atomic mass is 10.4. The van der Waals surface area contributed by atoms with Crippen LogP contribution in [-0.2, 0) is 13.3 Å². The van der Waals surface area contributed by atoms with E-state index in [-0.39, 0.29) is 0 Å². The predicted molar refractivity (Wildman–Crippen MR) is 88.9 cm³/mol. The molecule has 0 fully saturated rings. The van der Waals surface area contributed by atoms with Gasteiger partial charge in [0.15, 0.2) is 0 Å². The third-order valence-corrected chi connectivity index (χ3v) is 6.19. The van der Waals surface area contributed by atoms with E-state index in [9.17, 15) is 0 Å². The molecule has 0 aliphatic heterocycles. The largest absolute Gasteiger partial charge is 0.536 e. The molecule has 0 aromatic heterocycles. The molecule has 0 aliphatic rings. The summed E-state index contributed by atoms with van der Waals surface area (Å²) in [6.45, 7) is 0. The molecule has 0 heterocycles.